The molecule has 1 aliphatic rings. The van der Waals surface area contributed by atoms with Gasteiger partial charge >= 0.3 is 0 Å². The lowest BCUT2D eigenvalue weighted by Crippen LogP contribution is -2.39. The van der Waals surface area contributed by atoms with Gasteiger partial charge in [0, 0.05) is 37.6 Å². The third-order valence-electron chi connectivity index (χ3n) is 4.48. The average molecular weight is 347 g/mol. The molecule has 1 aromatic carbocycles. The Bertz CT molecular complexity index is 790. The normalized spacial score (nSPS) is 17.0. The van der Waals surface area contributed by atoms with Gasteiger partial charge in [-0.1, -0.05) is 12.1 Å². The highest BCUT2D eigenvalue weighted by Gasteiger charge is 2.29. The van der Waals surface area contributed by atoms with Gasteiger partial charge in [-0.05, 0) is 43.9 Å². The molecule has 6 nitrogen and oxygen atoms in total. The Morgan fingerprint density at radius 3 is 2.42 bits per heavy atom. The van der Waals surface area contributed by atoms with Gasteiger partial charge in [0.05, 0.1) is 4.90 Å². The fraction of sp³-hybridized carbons (Fsp3) is 0.412. The smallest absolute Gasteiger partial charge is 0.243 e. The number of nitrogens with zero attached hydrogens (tertiary/aromatic N) is 3. The number of sulfonamides is 1. The van der Waals surface area contributed by atoms with Crippen molar-refractivity contribution in [3.8, 4) is 0 Å². The van der Waals surface area contributed by atoms with Gasteiger partial charge in [-0.3, -0.25) is 9.48 Å². The van der Waals surface area contributed by atoms with E-state index < -0.39 is 10.0 Å². The van der Waals surface area contributed by atoms with Crippen molar-refractivity contribution in [2.45, 2.75) is 31.2 Å². The molecule has 0 unspecified atom stereocenters. The van der Waals surface area contributed by atoms with Crippen molar-refractivity contribution < 1.29 is 13.2 Å². The predicted octanol–water partition coefficient (Wildman–Crippen LogP) is 2.19. The summed E-state index contributed by atoms with van der Waals surface area (Å²) in [7, 11) is -3.49. The summed E-state index contributed by atoms with van der Waals surface area (Å²) in [6, 6.07) is 8.06. The van der Waals surface area contributed by atoms with Crippen LogP contribution in [0.1, 0.15) is 30.1 Å². The van der Waals surface area contributed by atoms with E-state index in [1.54, 1.807) is 18.3 Å². The third-order valence-corrected chi connectivity index (χ3v) is 6.39. The zero-order valence-corrected chi connectivity index (χ0v) is 14.4. The molecule has 24 heavy (non-hydrogen) atoms. The van der Waals surface area contributed by atoms with E-state index in [-0.39, 0.29) is 10.7 Å². The molecule has 1 aliphatic heterocycles. The van der Waals surface area contributed by atoms with E-state index in [0.717, 1.165) is 19.4 Å². The average Bonchev–Trinajstić information content (AvgIpc) is 3.08. The minimum atomic E-state index is -3.49. The van der Waals surface area contributed by atoms with E-state index >= 15 is 0 Å². The monoisotopic (exact) mass is 347 g/mol. The van der Waals surface area contributed by atoms with Crippen molar-refractivity contribution in [2.24, 2.45) is 5.92 Å². The number of hydrogen-bond donors (Lipinski definition) is 0. The van der Waals surface area contributed by atoms with E-state index in [0.29, 0.717) is 24.6 Å². The van der Waals surface area contributed by atoms with Crippen LogP contribution in [0.4, 0.5) is 0 Å². The van der Waals surface area contributed by atoms with Crippen LogP contribution in [-0.4, -0.2) is 41.4 Å². The summed E-state index contributed by atoms with van der Waals surface area (Å²) in [5.74, 6) is 0.370. The highest BCUT2D eigenvalue weighted by molar-refractivity contribution is 7.89. The van der Waals surface area contributed by atoms with Crippen LogP contribution in [0.15, 0.2) is 47.6 Å². The van der Waals surface area contributed by atoms with E-state index in [4.69, 9.17) is 0 Å². The maximum atomic E-state index is 12.7. The van der Waals surface area contributed by atoms with Crippen molar-refractivity contribution in [2.75, 3.05) is 13.1 Å². The van der Waals surface area contributed by atoms with Gasteiger partial charge in [-0.2, -0.15) is 9.40 Å². The maximum absolute atomic E-state index is 12.7. The van der Waals surface area contributed by atoms with Crippen LogP contribution >= 0.6 is 0 Å². The SMILES string of the molecule is CC(=O)c1ccc(S(=O)(=O)N2CCC(Cn3cccn3)CC2)cc1. The highest BCUT2D eigenvalue weighted by atomic mass is 32.2. The Kier molecular flexibility index (Phi) is 4.82. The van der Waals surface area contributed by atoms with Crippen molar-refractivity contribution in [3.63, 3.8) is 0 Å². The lowest BCUT2D eigenvalue weighted by molar-refractivity contribution is 0.101. The Hall–Kier alpha value is -1.99. The molecule has 2 aromatic rings. The van der Waals surface area contributed by atoms with Crippen molar-refractivity contribution in [3.05, 3.63) is 48.3 Å². The first-order chi connectivity index (χ1) is 11.5. The summed E-state index contributed by atoms with van der Waals surface area (Å²) in [5.41, 5.74) is 0.520. The van der Waals surface area contributed by atoms with Crippen LogP contribution in [-0.2, 0) is 16.6 Å². The van der Waals surface area contributed by atoms with Gasteiger partial charge < -0.3 is 0 Å². The maximum Gasteiger partial charge on any atom is 0.243 e. The number of Topliss-reactive ketones (excluding diaryl/α,β-unsaturated/α-hetero) is 1. The fourth-order valence-corrected chi connectivity index (χ4v) is 4.49. The molecular formula is C17H21N3O3S. The number of carbonyl (C=O) groups is 1. The van der Waals surface area contributed by atoms with Gasteiger partial charge in [0.25, 0.3) is 0 Å². The van der Waals surface area contributed by atoms with Crippen LogP contribution in [0.25, 0.3) is 0 Å². The number of rotatable bonds is 5. The molecule has 0 bridgehead atoms. The Morgan fingerprint density at radius 2 is 1.88 bits per heavy atom. The second-order valence-electron chi connectivity index (χ2n) is 6.16. The molecule has 128 valence electrons. The summed E-state index contributed by atoms with van der Waals surface area (Å²) < 4.78 is 28.9. The third kappa shape index (κ3) is 3.57. The molecule has 1 saturated heterocycles. The summed E-state index contributed by atoms with van der Waals surface area (Å²) >= 11 is 0. The molecule has 2 heterocycles. The van der Waals surface area contributed by atoms with Crippen LogP contribution in [0.5, 0.6) is 0 Å². The molecule has 0 spiro atoms. The van der Waals surface area contributed by atoms with Crippen LogP contribution in [0, 0.1) is 5.92 Å². The summed E-state index contributed by atoms with van der Waals surface area (Å²) in [4.78, 5) is 11.6. The number of piperidine rings is 1. The van der Waals surface area contributed by atoms with Gasteiger partial charge in [0.1, 0.15) is 0 Å². The summed E-state index contributed by atoms with van der Waals surface area (Å²) in [5, 5.41) is 4.21. The molecule has 0 radical (unpaired) electrons. The van der Waals surface area contributed by atoms with Crippen molar-refractivity contribution >= 4 is 15.8 Å². The second-order valence-corrected chi connectivity index (χ2v) is 8.09. The molecule has 0 amide bonds. The first-order valence-corrected chi connectivity index (χ1v) is 9.49. The molecule has 0 saturated carbocycles. The molecule has 0 aliphatic carbocycles. The van der Waals surface area contributed by atoms with E-state index in [9.17, 15) is 13.2 Å². The zero-order valence-electron chi connectivity index (χ0n) is 13.6. The fourth-order valence-electron chi connectivity index (χ4n) is 3.02. The summed E-state index contributed by atoms with van der Waals surface area (Å²) in [6.07, 6.45) is 5.33. The van der Waals surface area contributed by atoms with Crippen LogP contribution in [0.2, 0.25) is 0 Å². The van der Waals surface area contributed by atoms with Crippen LogP contribution < -0.4 is 0 Å². The molecule has 1 fully saturated rings. The molecule has 1 aromatic heterocycles. The minimum absolute atomic E-state index is 0.0709. The first kappa shape index (κ1) is 16.9. The molecular weight excluding hydrogens is 326 g/mol. The summed E-state index contributed by atoms with van der Waals surface area (Å²) in [6.45, 7) is 3.33. The van der Waals surface area contributed by atoms with Gasteiger partial charge in [-0.15, -0.1) is 0 Å². The number of hydrogen-bond acceptors (Lipinski definition) is 4. The van der Waals surface area contributed by atoms with Crippen molar-refractivity contribution in [1.29, 1.82) is 0 Å². The van der Waals surface area contributed by atoms with E-state index in [1.165, 1.54) is 23.4 Å². The van der Waals surface area contributed by atoms with Gasteiger partial charge in [0.15, 0.2) is 5.78 Å². The molecule has 0 atom stereocenters. The second kappa shape index (κ2) is 6.86. The molecule has 3 rings (SSSR count). The molecule has 7 heteroatoms. The highest BCUT2D eigenvalue weighted by Crippen LogP contribution is 2.25. The number of carbonyl (C=O) groups excluding carboxylic acids is 1. The Morgan fingerprint density at radius 1 is 1.21 bits per heavy atom. The molecule has 0 N–H and O–H groups in total. The lowest BCUT2D eigenvalue weighted by atomic mass is 9.98. The predicted molar refractivity (Wildman–Crippen MR) is 90.2 cm³/mol. The first-order valence-electron chi connectivity index (χ1n) is 8.05. The van der Waals surface area contributed by atoms with Gasteiger partial charge in [-0.25, -0.2) is 8.42 Å². The Balaban J connectivity index is 1.65. The quantitative estimate of drug-likeness (QED) is 0.777. The minimum Gasteiger partial charge on any atom is -0.295 e. The zero-order chi connectivity index (χ0) is 17.2. The van der Waals surface area contributed by atoms with Crippen molar-refractivity contribution in [1.82, 2.24) is 14.1 Å². The number of aromatic nitrogens is 2. The number of benzene rings is 1. The lowest BCUT2D eigenvalue weighted by Gasteiger charge is -2.31. The Labute approximate surface area is 142 Å². The topological polar surface area (TPSA) is 72.3 Å². The number of ketones is 1. The standard InChI is InChI=1S/C17H21N3O3S/c1-14(21)16-3-5-17(6-4-16)24(22,23)20-11-7-15(8-12-20)13-19-10-2-9-18-19/h2-6,9-10,15H,7-8,11-13H2,1H3. The largest absolute Gasteiger partial charge is 0.295 e. The van der Waals surface area contributed by atoms with Gasteiger partial charge in [0.2, 0.25) is 10.0 Å². The van der Waals surface area contributed by atoms with E-state index in [1.807, 2.05) is 16.9 Å². The van der Waals surface area contributed by atoms with E-state index in [2.05, 4.69) is 5.10 Å². The van der Waals surface area contributed by atoms with Crippen LogP contribution in [0.3, 0.4) is 0 Å².